The molecule has 0 aliphatic carbocycles. The van der Waals surface area contributed by atoms with Gasteiger partial charge in [0.15, 0.2) is 6.10 Å². The van der Waals surface area contributed by atoms with Crippen molar-refractivity contribution in [2.75, 3.05) is 13.2 Å². The third-order valence-corrected chi connectivity index (χ3v) is 7.30. The minimum absolute atomic E-state index is 0.326. The first kappa shape index (κ1) is 34.5. The third-order valence-electron chi connectivity index (χ3n) is 7.30. The summed E-state index contributed by atoms with van der Waals surface area (Å²) in [5, 5.41) is 0. The highest BCUT2D eigenvalue weighted by Gasteiger charge is 2.17. The summed E-state index contributed by atoms with van der Waals surface area (Å²) in [5.74, 6) is -0.624. The minimum Gasteiger partial charge on any atom is -0.462 e. The highest BCUT2D eigenvalue weighted by Crippen LogP contribution is 2.24. The van der Waals surface area contributed by atoms with Gasteiger partial charge in [0.1, 0.15) is 11.5 Å². The number of carbonyl (C=O) groups excluding carboxylic acids is 3. The largest absolute Gasteiger partial charge is 0.462 e. The molecule has 0 saturated carbocycles. The fourth-order valence-electron chi connectivity index (χ4n) is 4.67. The molecule has 0 radical (unpaired) electrons. The van der Waals surface area contributed by atoms with Crippen molar-refractivity contribution >= 4 is 17.9 Å². The van der Waals surface area contributed by atoms with Crippen LogP contribution in [0.5, 0.6) is 11.5 Å². The second-order valence-electron chi connectivity index (χ2n) is 10.9. The van der Waals surface area contributed by atoms with E-state index in [0.717, 1.165) is 24.0 Å². The van der Waals surface area contributed by atoms with Crippen LogP contribution >= 0.6 is 0 Å². The van der Waals surface area contributed by atoms with Gasteiger partial charge in [0.2, 0.25) is 0 Å². The average molecular weight is 603 g/mol. The lowest BCUT2D eigenvalue weighted by Gasteiger charge is -2.13. The molecule has 44 heavy (non-hydrogen) atoms. The van der Waals surface area contributed by atoms with Crippen LogP contribution in [0.15, 0.2) is 72.8 Å². The van der Waals surface area contributed by atoms with Gasteiger partial charge in [-0.1, -0.05) is 89.0 Å². The molecule has 0 bridgehead atoms. The topological polar surface area (TPSA) is 88.1 Å². The molecule has 0 unspecified atom stereocenters. The molecule has 7 heteroatoms. The maximum absolute atomic E-state index is 12.7. The maximum Gasteiger partial charge on any atom is 0.343 e. The van der Waals surface area contributed by atoms with Crippen LogP contribution < -0.4 is 9.47 Å². The lowest BCUT2D eigenvalue weighted by molar-refractivity contribution is -0.146. The first-order valence-electron chi connectivity index (χ1n) is 15.9. The fourth-order valence-corrected chi connectivity index (χ4v) is 4.67. The zero-order chi connectivity index (χ0) is 31.6. The van der Waals surface area contributed by atoms with E-state index < -0.39 is 18.0 Å². The summed E-state index contributed by atoms with van der Waals surface area (Å²) >= 11 is 0. The summed E-state index contributed by atoms with van der Waals surface area (Å²) in [5.41, 5.74) is 2.64. The molecule has 3 aromatic rings. The summed E-state index contributed by atoms with van der Waals surface area (Å²) in [6.45, 7) is 6.55. The van der Waals surface area contributed by atoms with Gasteiger partial charge in [-0.15, -0.1) is 0 Å². The van der Waals surface area contributed by atoms with Crippen LogP contribution in [0.25, 0.3) is 11.1 Å². The van der Waals surface area contributed by atoms with Crippen LogP contribution in [0.4, 0.5) is 0 Å². The molecule has 236 valence electrons. The molecule has 3 rings (SSSR count). The van der Waals surface area contributed by atoms with E-state index in [-0.39, 0.29) is 5.97 Å². The van der Waals surface area contributed by atoms with E-state index in [1.807, 2.05) is 24.3 Å². The second kappa shape index (κ2) is 19.3. The fraction of sp³-hybridized carbons (Fsp3) is 0.432. The zero-order valence-corrected chi connectivity index (χ0v) is 26.3. The van der Waals surface area contributed by atoms with Crippen molar-refractivity contribution in [1.82, 2.24) is 0 Å². The van der Waals surface area contributed by atoms with E-state index in [0.29, 0.717) is 35.8 Å². The summed E-state index contributed by atoms with van der Waals surface area (Å²) in [4.78, 5) is 36.9. The van der Waals surface area contributed by atoms with E-state index in [1.54, 1.807) is 62.4 Å². The minimum atomic E-state index is -0.670. The number of hydrogen-bond acceptors (Lipinski definition) is 7. The van der Waals surface area contributed by atoms with Gasteiger partial charge in [-0.3, -0.25) is 0 Å². The first-order valence-corrected chi connectivity index (χ1v) is 15.9. The van der Waals surface area contributed by atoms with Crippen LogP contribution in [-0.4, -0.2) is 37.2 Å². The molecule has 1 atom stereocenters. The van der Waals surface area contributed by atoms with E-state index in [9.17, 15) is 14.4 Å². The van der Waals surface area contributed by atoms with E-state index >= 15 is 0 Å². The second-order valence-corrected chi connectivity index (χ2v) is 10.9. The van der Waals surface area contributed by atoms with Crippen molar-refractivity contribution in [3.63, 3.8) is 0 Å². The SMILES string of the molecule is CCCCCCCCCCCCO[C@@H](C)C(=O)Oc1ccc(C(=O)Oc2ccc(-c3ccc(C(=O)OCC)cc3)cc2)cc1. The molecule has 7 nitrogen and oxygen atoms in total. The van der Waals surface area contributed by atoms with Crippen LogP contribution in [0.1, 0.15) is 106 Å². The third kappa shape index (κ3) is 12.0. The number of rotatable bonds is 19. The quantitative estimate of drug-likeness (QED) is 0.0768. The predicted molar refractivity (Wildman–Crippen MR) is 172 cm³/mol. The molecule has 0 amide bonds. The van der Waals surface area contributed by atoms with Crippen molar-refractivity contribution in [3.8, 4) is 22.6 Å². The van der Waals surface area contributed by atoms with E-state index in [2.05, 4.69) is 6.92 Å². The number of carbonyl (C=O) groups is 3. The number of esters is 3. The number of ether oxygens (including phenoxy) is 4. The summed E-state index contributed by atoms with van der Waals surface area (Å²) in [6.07, 6.45) is 11.8. The average Bonchev–Trinajstić information content (AvgIpc) is 3.04. The van der Waals surface area contributed by atoms with Crippen LogP contribution in [0.3, 0.4) is 0 Å². The number of benzene rings is 3. The zero-order valence-electron chi connectivity index (χ0n) is 26.3. The Labute approximate surface area is 261 Å². The van der Waals surface area contributed by atoms with Gasteiger partial charge < -0.3 is 18.9 Å². The molecule has 3 aromatic carbocycles. The highest BCUT2D eigenvalue weighted by molar-refractivity contribution is 5.91. The van der Waals surface area contributed by atoms with Gasteiger partial charge in [0, 0.05) is 6.61 Å². The Morgan fingerprint density at radius 2 is 1.02 bits per heavy atom. The molecular formula is C37H46O7. The Kier molecular flexibility index (Phi) is 15.2. The van der Waals surface area contributed by atoms with Crippen molar-refractivity contribution in [3.05, 3.63) is 83.9 Å². The van der Waals surface area contributed by atoms with Crippen LogP contribution in [0, 0.1) is 0 Å². The van der Waals surface area contributed by atoms with Gasteiger partial charge in [-0.2, -0.15) is 0 Å². The predicted octanol–water partition coefficient (Wildman–Crippen LogP) is 8.98. The maximum atomic E-state index is 12.7. The van der Waals surface area contributed by atoms with Crippen molar-refractivity contribution in [1.29, 1.82) is 0 Å². The van der Waals surface area contributed by atoms with Gasteiger partial charge in [0.05, 0.1) is 17.7 Å². The Balaban J connectivity index is 1.36. The molecule has 0 saturated heterocycles. The van der Waals surface area contributed by atoms with Crippen LogP contribution in [-0.2, 0) is 14.3 Å². The van der Waals surface area contributed by atoms with E-state index in [4.69, 9.17) is 18.9 Å². The summed E-state index contributed by atoms with van der Waals surface area (Å²) in [6, 6.07) is 20.4. The lowest BCUT2D eigenvalue weighted by atomic mass is 10.0. The van der Waals surface area contributed by atoms with E-state index in [1.165, 1.54) is 51.4 Å². The molecular weight excluding hydrogens is 556 g/mol. The standard InChI is InChI=1S/C37H46O7/c1-4-6-7-8-9-10-11-12-13-14-27-42-28(3)35(38)43-33-25-21-32(22-26-33)37(40)44-34-23-19-30(20-24-34)29-15-17-31(18-16-29)36(39)41-5-2/h15-26,28H,4-14,27H2,1-3H3/t28-/m0/s1. The molecule has 0 aliphatic heterocycles. The van der Waals surface area contributed by atoms with Crippen molar-refractivity contribution in [2.45, 2.75) is 91.1 Å². The Morgan fingerprint density at radius 3 is 1.59 bits per heavy atom. The Hall–Kier alpha value is -3.97. The first-order chi connectivity index (χ1) is 21.4. The van der Waals surface area contributed by atoms with Crippen molar-refractivity contribution < 1.29 is 33.3 Å². The molecule has 0 heterocycles. The summed E-state index contributed by atoms with van der Waals surface area (Å²) < 4.78 is 21.6. The normalized spacial score (nSPS) is 11.5. The van der Waals surface area contributed by atoms with Crippen LogP contribution in [0.2, 0.25) is 0 Å². The number of hydrogen-bond donors (Lipinski definition) is 0. The Morgan fingerprint density at radius 1 is 0.568 bits per heavy atom. The highest BCUT2D eigenvalue weighted by atomic mass is 16.6. The molecule has 0 aliphatic rings. The molecule has 0 spiro atoms. The van der Waals surface area contributed by atoms with Gasteiger partial charge in [-0.05, 0) is 79.9 Å². The lowest BCUT2D eigenvalue weighted by Crippen LogP contribution is -2.26. The number of unbranched alkanes of at least 4 members (excludes halogenated alkanes) is 9. The van der Waals surface area contributed by atoms with Crippen molar-refractivity contribution in [2.24, 2.45) is 0 Å². The van der Waals surface area contributed by atoms with Gasteiger partial charge in [-0.25, -0.2) is 14.4 Å². The monoisotopic (exact) mass is 602 g/mol. The molecule has 0 aromatic heterocycles. The molecule has 0 fully saturated rings. The summed E-state index contributed by atoms with van der Waals surface area (Å²) in [7, 11) is 0. The van der Waals surface area contributed by atoms with Gasteiger partial charge >= 0.3 is 17.9 Å². The molecule has 0 N–H and O–H groups in total. The van der Waals surface area contributed by atoms with Gasteiger partial charge in [0.25, 0.3) is 0 Å². The Bertz CT molecular complexity index is 1280. The smallest absolute Gasteiger partial charge is 0.343 e.